The molecule has 0 spiro atoms. The Bertz CT molecular complexity index is 942. The van der Waals surface area contributed by atoms with Gasteiger partial charge in [-0.05, 0) is 50.6 Å². The van der Waals surface area contributed by atoms with Crippen LogP contribution < -0.4 is 10.3 Å². The third kappa shape index (κ3) is 4.40. The topological polar surface area (TPSA) is 44.1 Å². The fourth-order valence-electron chi connectivity index (χ4n) is 2.64. The number of nitrogens with zero attached hydrogens (tertiary/aromatic N) is 2. The average Bonchev–Trinajstić information content (AvgIpc) is 2.61. The highest BCUT2D eigenvalue weighted by atomic mass is 35.5. The molecule has 0 saturated carbocycles. The van der Waals surface area contributed by atoms with E-state index in [4.69, 9.17) is 16.3 Å². The largest absolute Gasteiger partial charge is 0.494 e. The van der Waals surface area contributed by atoms with Gasteiger partial charge in [0.1, 0.15) is 5.75 Å². The summed E-state index contributed by atoms with van der Waals surface area (Å²) in [5, 5.41) is 1.90. The number of aromatic nitrogens is 2. The van der Waals surface area contributed by atoms with Crippen molar-refractivity contribution in [3.8, 4) is 5.75 Å². The molecule has 136 valence electrons. The average molecular weight is 389 g/mol. The molecule has 4 nitrogen and oxygen atoms in total. The van der Waals surface area contributed by atoms with E-state index in [0.29, 0.717) is 22.5 Å². The summed E-state index contributed by atoms with van der Waals surface area (Å²) >= 11 is 7.63. The van der Waals surface area contributed by atoms with Crippen LogP contribution in [0, 0.1) is 0 Å². The highest BCUT2D eigenvalue weighted by molar-refractivity contribution is 7.99. The van der Waals surface area contributed by atoms with E-state index in [1.54, 1.807) is 34.5 Å². The second-order valence-electron chi connectivity index (χ2n) is 6.19. The molecular formula is C20H21ClN2O2S. The SMILES string of the molecule is CC(C)n1c(SCCCOc2ccccc2)nc2cc(Cl)ccc2c1=O. The molecule has 1 heterocycles. The van der Waals surface area contributed by atoms with E-state index in [1.165, 1.54) is 0 Å². The summed E-state index contributed by atoms with van der Waals surface area (Å²) in [5.41, 5.74) is 0.618. The Kier molecular flexibility index (Phi) is 6.22. The lowest BCUT2D eigenvalue weighted by atomic mass is 10.2. The molecule has 3 rings (SSSR count). The second kappa shape index (κ2) is 8.60. The van der Waals surface area contributed by atoms with Crippen LogP contribution in [-0.4, -0.2) is 21.9 Å². The molecule has 26 heavy (non-hydrogen) atoms. The van der Waals surface area contributed by atoms with E-state index < -0.39 is 0 Å². The number of benzene rings is 2. The van der Waals surface area contributed by atoms with Crippen molar-refractivity contribution in [2.75, 3.05) is 12.4 Å². The van der Waals surface area contributed by atoms with E-state index in [2.05, 4.69) is 4.98 Å². The van der Waals surface area contributed by atoms with Gasteiger partial charge in [0.2, 0.25) is 0 Å². The van der Waals surface area contributed by atoms with Crippen molar-refractivity contribution in [1.82, 2.24) is 9.55 Å². The Morgan fingerprint density at radius 1 is 1.19 bits per heavy atom. The summed E-state index contributed by atoms with van der Waals surface area (Å²) in [5.74, 6) is 1.69. The Labute approximate surface area is 162 Å². The second-order valence-corrected chi connectivity index (χ2v) is 7.69. The summed E-state index contributed by atoms with van der Waals surface area (Å²) in [4.78, 5) is 17.5. The maximum atomic E-state index is 12.8. The zero-order chi connectivity index (χ0) is 18.5. The van der Waals surface area contributed by atoms with Gasteiger partial charge in [0, 0.05) is 16.8 Å². The van der Waals surface area contributed by atoms with Crippen LogP contribution in [0.2, 0.25) is 5.02 Å². The smallest absolute Gasteiger partial charge is 0.262 e. The van der Waals surface area contributed by atoms with Gasteiger partial charge in [0.05, 0.1) is 17.5 Å². The molecule has 0 atom stereocenters. The maximum absolute atomic E-state index is 12.8. The highest BCUT2D eigenvalue weighted by Crippen LogP contribution is 2.23. The molecule has 0 N–H and O–H groups in total. The molecule has 0 amide bonds. The van der Waals surface area contributed by atoms with Gasteiger partial charge in [0.15, 0.2) is 5.16 Å². The fraction of sp³-hybridized carbons (Fsp3) is 0.300. The number of rotatable bonds is 7. The summed E-state index contributed by atoms with van der Waals surface area (Å²) in [6, 6.07) is 15.0. The number of halogens is 1. The van der Waals surface area contributed by atoms with Crippen molar-refractivity contribution in [2.45, 2.75) is 31.5 Å². The first-order chi connectivity index (χ1) is 12.6. The monoisotopic (exact) mass is 388 g/mol. The lowest BCUT2D eigenvalue weighted by molar-refractivity contribution is 0.318. The quantitative estimate of drug-likeness (QED) is 0.317. The van der Waals surface area contributed by atoms with Crippen molar-refractivity contribution in [1.29, 1.82) is 0 Å². The fourth-order valence-corrected chi connectivity index (χ4v) is 3.84. The van der Waals surface area contributed by atoms with Crippen molar-refractivity contribution in [3.05, 3.63) is 63.9 Å². The first kappa shape index (κ1) is 18.8. The van der Waals surface area contributed by atoms with Gasteiger partial charge in [0.25, 0.3) is 5.56 Å². The zero-order valence-electron chi connectivity index (χ0n) is 14.8. The molecule has 0 aliphatic rings. The Balaban J connectivity index is 1.72. The Hall–Kier alpha value is -1.98. The van der Waals surface area contributed by atoms with Gasteiger partial charge >= 0.3 is 0 Å². The molecule has 0 fully saturated rings. The third-order valence-electron chi connectivity index (χ3n) is 3.88. The highest BCUT2D eigenvalue weighted by Gasteiger charge is 2.14. The van der Waals surface area contributed by atoms with Crippen LogP contribution in [0.3, 0.4) is 0 Å². The number of thioether (sulfide) groups is 1. The first-order valence-electron chi connectivity index (χ1n) is 8.58. The van der Waals surface area contributed by atoms with Gasteiger partial charge in [-0.15, -0.1) is 0 Å². The van der Waals surface area contributed by atoms with E-state index in [1.807, 2.05) is 44.2 Å². The minimum Gasteiger partial charge on any atom is -0.494 e. The molecule has 0 aliphatic heterocycles. The van der Waals surface area contributed by atoms with Gasteiger partial charge in [-0.3, -0.25) is 9.36 Å². The molecular weight excluding hydrogens is 368 g/mol. The van der Waals surface area contributed by atoms with Crippen LogP contribution >= 0.6 is 23.4 Å². The van der Waals surface area contributed by atoms with Crippen LogP contribution in [0.25, 0.3) is 10.9 Å². The summed E-state index contributed by atoms with van der Waals surface area (Å²) in [7, 11) is 0. The van der Waals surface area contributed by atoms with Crippen LogP contribution in [0.4, 0.5) is 0 Å². The van der Waals surface area contributed by atoms with Crippen molar-refractivity contribution >= 4 is 34.3 Å². The van der Waals surface area contributed by atoms with Crippen molar-refractivity contribution in [2.24, 2.45) is 0 Å². The van der Waals surface area contributed by atoms with Crippen LogP contribution in [0.1, 0.15) is 26.3 Å². The Morgan fingerprint density at radius 3 is 2.69 bits per heavy atom. The molecule has 1 aromatic heterocycles. The maximum Gasteiger partial charge on any atom is 0.262 e. The lowest BCUT2D eigenvalue weighted by Gasteiger charge is -2.16. The van der Waals surface area contributed by atoms with E-state index in [0.717, 1.165) is 23.1 Å². The molecule has 2 aromatic carbocycles. The van der Waals surface area contributed by atoms with Gasteiger partial charge in [-0.2, -0.15) is 0 Å². The zero-order valence-corrected chi connectivity index (χ0v) is 16.4. The van der Waals surface area contributed by atoms with E-state index >= 15 is 0 Å². The Morgan fingerprint density at radius 2 is 1.96 bits per heavy atom. The third-order valence-corrected chi connectivity index (χ3v) is 5.15. The number of ether oxygens (including phenoxy) is 1. The standard InChI is InChI=1S/C20H21ClN2O2S/c1-14(2)23-19(24)17-10-9-15(21)13-18(17)22-20(23)26-12-6-11-25-16-7-4-3-5-8-16/h3-5,7-10,13-14H,6,11-12H2,1-2H3. The summed E-state index contributed by atoms with van der Waals surface area (Å²) < 4.78 is 7.46. The van der Waals surface area contributed by atoms with E-state index in [9.17, 15) is 4.79 Å². The molecule has 0 radical (unpaired) electrons. The predicted octanol–water partition coefficient (Wildman–Crippen LogP) is 5.19. The van der Waals surface area contributed by atoms with Gasteiger partial charge in [-0.1, -0.05) is 41.6 Å². The normalized spacial score (nSPS) is 11.2. The van der Waals surface area contributed by atoms with Gasteiger partial charge < -0.3 is 4.74 Å². The lowest BCUT2D eigenvalue weighted by Crippen LogP contribution is -2.25. The molecule has 0 unspecified atom stereocenters. The number of fused-ring (bicyclic) bond motifs is 1. The first-order valence-corrected chi connectivity index (χ1v) is 9.95. The van der Waals surface area contributed by atoms with Crippen molar-refractivity contribution in [3.63, 3.8) is 0 Å². The minimum atomic E-state index is -0.0234. The number of hydrogen-bond donors (Lipinski definition) is 0. The minimum absolute atomic E-state index is 0.0234. The van der Waals surface area contributed by atoms with E-state index in [-0.39, 0.29) is 11.6 Å². The summed E-state index contributed by atoms with van der Waals surface area (Å²) in [6.45, 7) is 4.61. The van der Waals surface area contributed by atoms with Crippen LogP contribution in [-0.2, 0) is 0 Å². The van der Waals surface area contributed by atoms with Crippen molar-refractivity contribution < 1.29 is 4.74 Å². The van der Waals surface area contributed by atoms with Crippen LogP contribution in [0.15, 0.2) is 58.5 Å². The summed E-state index contributed by atoms with van der Waals surface area (Å²) in [6.07, 6.45) is 0.862. The van der Waals surface area contributed by atoms with Crippen LogP contribution in [0.5, 0.6) is 5.75 Å². The molecule has 0 aliphatic carbocycles. The number of hydrogen-bond acceptors (Lipinski definition) is 4. The molecule has 0 bridgehead atoms. The molecule has 0 saturated heterocycles. The molecule has 6 heteroatoms. The predicted molar refractivity (Wildman–Crippen MR) is 109 cm³/mol. The van der Waals surface area contributed by atoms with Gasteiger partial charge in [-0.25, -0.2) is 4.98 Å². The molecule has 3 aromatic rings. The number of para-hydroxylation sites is 1.